The van der Waals surface area contributed by atoms with Crippen molar-refractivity contribution < 1.29 is 37.0 Å². The van der Waals surface area contributed by atoms with E-state index in [0.29, 0.717) is 18.9 Å². The molecule has 22 heavy (non-hydrogen) atoms. The molecule has 1 rings (SSSR count). The highest BCUT2D eigenvalue weighted by Crippen LogP contribution is 2.45. The van der Waals surface area contributed by atoms with Crippen LogP contribution in [0.3, 0.4) is 0 Å². The summed E-state index contributed by atoms with van der Waals surface area (Å²) in [4.78, 5) is 10.8. The van der Waals surface area contributed by atoms with E-state index < -0.39 is 41.6 Å². The van der Waals surface area contributed by atoms with Gasteiger partial charge in [-0.15, -0.1) is 0 Å². The Morgan fingerprint density at radius 2 is 1.64 bits per heavy atom. The van der Waals surface area contributed by atoms with Crippen LogP contribution >= 0.6 is 0 Å². The van der Waals surface area contributed by atoms with Gasteiger partial charge >= 0.3 is 12.1 Å². The maximum atomic E-state index is 14.2. The van der Waals surface area contributed by atoms with Gasteiger partial charge in [0.2, 0.25) is 6.10 Å². The van der Waals surface area contributed by atoms with Crippen LogP contribution < -0.4 is 0 Å². The average molecular weight is 330 g/mol. The summed E-state index contributed by atoms with van der Waals surface area (Å²) < 4.78 is 65.9. The maximum Gasteiger partial charge on any atom is 0.420 e. The molecular formula is C14H19F5O3. The van der Waals surface area contributed by atoms with Crippen molar-refractivity contribution in [2.45, 2.75) is 57.2 Å². The molecule has 8 heteroatoms. The van der Waals surface area contributed by atoms with Crippen molar-refractivity contribution in [2.24, 2.45) is 11.8 Å². The Bertz CT molecular complexity index is 425. The number of alkyl halides is 5. The molecule has 0 saturated heterocycles. The van der Waals surface area contributed by atoms with Crippen LogP contribution in [0.2, 0.25) is 0 Å². The number of hydrogen-bond acceptors (Lipinski definition) is 2. The topological polar surface area (TPSA) is 57.5 Å². The van der Waals surface area contributed by atoms with Crippen LogP contribution in [-0.2, 0) is 4.79 Å². The molecule has 3 nitrogen and oxygen atoms in total. The fourth-order valence-corrected chi connectivity index (χ4v) is 2.80. The molecule has 1 saturated carbocycles. The lowest BCUT2D eigenvalue weighted by molar-refractivity contribution is -0.282. The minimum absolute atomic E-state index is 0.286. The summed E-state index contributed by atoms with van der Waals surface area (Å²) in [7, 11) is 0. The first-order chi connectivity index (χ1) is 9.98. The zero-order valence-electron chi connectivity index (χ0n) is 12.0. The highest BCUT2D eigenvalue weighted by molar-refractivity contribution is 5.85. The summed E-state index contributed by atoms with van der Waals surface area (Å²) in [5, 5.41) is 17.8. The van der Waals surface area contributed by atoms with Crippen LogP contribution in [0.1, 0.15) is 39.0 Å². The van der Waals surface area contributed by atoms with Crippen molar-refractivity contribution in [2.75, 3.05) is 0 Å². The maximum absolute atomic E-state index is 14.2. The van der Waals surface area contributed by atoms with Gasteiger partial charge in [-0.05, 0) is 25.7 Å². The molecule has 0 amide bonds. The number of aliphatic hydroxyl groups is 1. The third kappa shape index (κ3) is 4.41. The molecule has 0 radical (unpaired) electrons. The quantitative estimate of drug-likeness (QED) is 0.596. The third-order valence-electron chi connectivity index (χ3n) is 4.04. The Kier molecular flexibility index (Phi) is 5.95. The van der Waals surface area contributed by atoms with Crippen molar-refractivity contribution >= 4 is 5.97 Å². The van der Waals surface area contributed by atoms with E-state index in [1.165, 1.54) is 0 Å². The Balaban J connectivity index is 3.18. The van der Waals surface area contributed by atoms with Crippen molar-refractivity contribution in [1.82, 2.24) is 0 Å². The van der Waals surface area contributed by atoms with Gasteiger partial charge in [0.15, 0.2) is 0 Å². The van der Waals surface area contributed by atoms with E-state index in [0.717, 1.165) is 13.3 Å². The largest absolute Gasteiger partial charge is 0.478 e. The molecule has 2 N–H and O–H groups in total. The van der Waals surface area contributed by atoms with E-state index in [2.05, 4.69) is 0 Å². The predicted molar refractivity (Wildman–Crippen MR) is 68.5 cm³/mol. The van der Waals surface area contributed by atoms with E-state index in [-0.39, 0.29) is 12.8 Å². The molecule has 0 aromatic heterocycles. The summed E-state index contributed by atoms with van der Waals surface area (Å²) in [5.41, 5.74) is -0.454. The average Bonchev–Trinajstić information content (AvgIpc) is 2.43. The number of carbonyl (C=O) groups is 1. The molecule has 0 spiro atoms. The molecular weight excluding hydrogens is 311 g/mol. The van der Waals surface area contributed by atoms with E-state index >= 15 is 0 Å². The van der Waals surface area contributed by atoms with Crippen LogP contribution in [0.15, 0.2) is 11.6 Å². The fraction of sp³-hybridized carbons (Fsp3) is 0.786. The van der Waals surface area contributed by atoms with Gasteiger partial charge in [0.1, 0.15) is 0 Å². The minimum Gasteiger partial charge on any atom is -0.478 e. The zero-order valence-corrected chi connectivity index (χ0v) is 12.0. The highest BCUT2D eigenvalue weighted by atomic mass is 19.4. The van der Waals surface area contributed by atoms with Gasteiger partial charge in [-0.2, -0.15) is 13.2 Å². The Hall–Kier alpha value is -1.18. The molecule has 0 aromatic carbocycles. The second kappa shape index (κ2) is 6.93. The number of rotatable bonds is 5. The van der Waals surface area contributed by atoms with Gasteiger partial charge < -0.3 is 10.2 Å². The first-order valence-electron chi connectivity index (χ1n) is 7.02. The van der Waals surface area contributed by atoms with Crippen molar-refractivity contribution in [1.29, 1.82) is 0 Å². The SMILES string of the molecule is CC(=CC(C1CCCCC1)C(F)(F)C(O)C(F)(F)F)C(=O)O. The normalized spacial score (nSPS) is 21.5. The summed E-state index contributed by atoms with van der Waals surface area (Å²) in [6.45, 7) is 1.05. The van der Waals surface area contributed by atoms with Crippen LogP contribution in [-0.4, -0.2) is 34.4 Å². The Morgan fingerprint density at radius 1 is 1.14 bits per heavy atom. The molecule has 128 valence electrons. The first kappa shape index (κ1) is 18.9. The number of halogens is 5. The Morgan fingerprint density at radius 3 is 2.05 bits per heavy atom. The molecule has 0 heterocycles. The van der Waals surface area contributed by atoms with Gasteiger partial charge in [0.05, 0.1) is 0 Å². The van der Waals surface area contributed by atoms with E-state index in [9.17, 15) is 26.7 Å². The summed E-state index contributed by atoms with van der Waals surface area (Å²) in [6.07, 6.45) is -6.06. The molecule has 1 fully saturated rings. The van der Waals surface area contributed by atoms with Gasteiger partial charge in [0.25, 0.3) is 5.92 Å². The summed E-state index contributed by atoms with van der Waals surface area (Å²) in [6, 6.07) is 0. The molecule has 2 atom stereocenters. The molecule has 2 unspecified atom stereocenters. The molecule has 0 aliphatic heterocycles. The number of carboxylic acid groups (broad SMARTS) is 1. The van der Waals surface area contributed by atoms with Gasteiger partial charge in [-0.25, -0.2) is 13.6 Å². The molecule has 1 aliphatic carbocycles. The second-order valence-corrected chi connectivity index (χ2v) is 5.70. The standard InChI is InChI=1S/C14H19F5O3/c1-8(11(20)21)7-10(9-5-3-2-4-6-9)13(15,16)12(22)14(17,18)19/h7,9-10,12,22H,2-6H2,1H3,(H,20,21). The lowest BCUT2D eigenvalue weighted by Crippen LogP contribution is -2.51. The predicted octanol–water partition coefficient (Wildman–Crippen LogP) is 3.77. The van der Waals surface area contributed by atoms with Crippen LogP contribution in [0.4, 0.5) is 22.0 Å². The van der Waals surface area contributed by atoms with Gasteiger partial charge in [-0.1, -0.05) is 25.3 Å². The fourth-order valence-electron chi connectivity index (χ4n) is 2.80. The monoisotopic (exact) mass is 330 g/mol. The van der Waals surface area contributed by atoms with Crippen LogP contribution in [0.5, 0.6) is 0 Å². The molecule has 1 aliphatic rings. The van der Waals surface area contributed by atoms with Crippen molar-refractivity contribution in [3.05, 3.63) is 11.6 Å². The van der Waals surface area contributed by atoms with Gasteiger partial charge in [-0.3, -0.25) is 0 Å². The highest BCUT2D eigenvalue weighted by Gasteiger charge is 2.59. The number of aliphatic hydroxyl groups excluding tert-OH is 1. The first-order valence-corrected chi connectivity index (χ1v) is 7.02. The lowest BCUT2D eigenvalue weighted by atomic mass is 9.75. The smallest absolute Gasteiger partial charge is 0.420 e. The van der Waals surface area contributed by atoms with E-state index in [4.69, 9.17) is 10.2 Å². The third-order valence-corrected chi connectivity index (χ3v) is 4.04. The van der Waals surface area contributed by atoms with Crippen molar-refractivity contribution in [3.63, 3.8) is 0 Å². The summed E-state index contributed by atoms with van der Waals surface area (Å²) in [5.74, 6) is -8.69. The molecule has 0 bridgehead atoms. The van der Waals surface area contributed by atoms with E-state index in [1.807, 2.05) is 0 Å². The summed E-state index contributed by atoms with van der Waals surface area (Å²) >= 11 is 0. The Labute approximate surface area is 124 Å². The van der Waals surface area contributed by atoms with E-state index in [1.54, 1.807) is 0 Å². The van der Waals surface area contributed by atoms with Crippen LogP contribution in [0, 0.1) is 11.8 Å². The van der Waals surface area contributed by atoms with Crippen LogP contribution in [0.25, 0.3) is 0 Å². The number of allylic oxidation sites excluding steroid dienone is 1. The zero-order chi connectivity index (χ0) is 17.1. The second-order valence-electron chi connectivity index (χ2n) is 5.70. The lowest BCUT2D eigenvalue weighted by Gasteiger charge is -2.36. The van der Waals surface area contributed by atoms with Crippen molar-refractivity contribution in [3.8, 4) is 0 Å². The molecule has 0 aromatic rings. The van der Waals surface area contributed by atoms with Gasteiger partial charge in [0, 0.05) is 11.5 Å². The minimum atomic E-state index is -5.47. The number of aliphatic carboxylic acids is 1. The number of carboxylic acids is 1. The number of hydrogen-bond donors (Lipinski definition) is 2.